The Labute approximate surface area is 94.8 Å². The van der Waals surface area contributed by atoms with Crippen LogP contribution in [-0.4, -0.2) is 26.0 Å². The SMILES string of the molecule is NC(C(=O)O)c1csc(-c2cnccn2)n1. The third-order valence-electron chi connectivity index (χ3n) is 1.89. The summed E-state index contributed by atoms with van der Waals surface area (Å²) in [7, 11) is 0. The minimum atomic E-state index is -1.10. The molecule has 0 spiro atoms. The monoisotopic (exact) mass is 236 g/mol. The molecule has 0 saturated carbocycles. The highest BCUT2D eigenvalue weighted by molar-refractivity contribution is 7.13. The van der Waals surface area contributed by atoms with Crippen molar-refractivity contribution in [2.75, 3.05) is 0 Å². The van der Waals surface area contributed by atoms with Gasteiger partial charge >= 0.3 is 5.97 Å². The van der Waals surface area contributed by atoms with Gasteiger partial charge in [-0.05, 0) is 0 Å². The molecule has 2 aromatic heterocycles. The summed E-state index contributed by atoms with van der Waals surface area (Å²) < 4.78 is 0. The first-order valence-electron chi connectivity index (χ1n) is 4.38. The summed E-state index contributed by atoms with van der Waals surface area (Å²) >= 11 is 1.29. The number of aromatic nitrogens is 3. The van der Waals surface area contributed by atoms with Gasteiger partial charge in [0.2, 0.25) is 0 Å². The zero-order valence-electron chi connectivity index (χ0n) is 8.07. The Kier molecular flexibility index (Phi) is 2.88. The fourth-order valence-electron chi connectivity index (χ4n) is 1.08. The molecule has 3 N–H and O–H groups in total. The van der Waals surface area contributed by atoms with Crippen molar-refractivity contribution in [2.45, 2.75) is 6.04 Å². The van der Waals surface area contributed by atoms with E-state index in [4.69, 9.17) is 10.8 Å². The van der Waals surface area contributed by atoms with Crippen molar-refractivity contribution in [3.05, 3.63) is 29.7 Å². The standard InChI is InChI=1S/C9H8N4O2S/c10-7(9(14)15)6-4-16-8(13-6)5-3-11-1-2-12-5/h1-4,7H,10H2,(H,14,15). The first-order chi connectivity index (χ1) is 7.68. The number of hydrogen-bond acceptors (Lipinski definition) is 6. The molecule has 82 valence electrons. The number of aliphatic carboxylic acids is 1. The lowest BCUT2D eigenvalue weighted by Crippen LogP contribution is -2.20. The van der Waals surface area contributed by atoms with Crippen LogP contribution in [-0.2, 0) is 4.79 Å². The highest BCUT2D eigenvalue weighted by Gasteiger charge is 2.18. The number of thiazole rings is 1. The normalized spacial score (nSPS) is 12.3. The molecule has 1 unspecified atom stereocenters. The number of nitrogens with two attached hydrogens (primary N) is 1. The maximum atomic E-state index is 10.7. The first-order valence-corrected chi connectivity index (χ1v) is 5.26. The van der Waals surface area contributed by atoms with E-state index < -0.39 is 12.0 Å². The fraction of sp³-hybridized carbons (Fsp3) is 0.111. The highest BCUT2D eigenvalue weighted by atomic mass is 32.1. The number of carboxylic acid groups (broad SMARTS) is 1. The highest BCUT2D eigenvalue weighted by Crippen LogP contribution is 2.23. The lowest BCUT2D eigenvalue weighted by molar-refractivity contribution is -0.138. The average Bonchev–Trinajstić information content (AvgIpc) is 2.78. The van der Waals surface area contributed by atoms with Gasteiger partial charge in [0.1, 0.15) is 16.7 Å². The molecule has 0 aromatic carbocycles. The Morgan fingerprint density at radius 2 is 2.31 bits per heavy atom. The van der Waals surface area contributed by atoms with Gasteiger partial charge < -0.3 is 10.8 Å². The summed E-state index contributed by atoms with van der Waals surface area (Å²) in [5.74, 6) is -1.10. The van der Waals surface area contributed by atoms with Gasteiger partial charge in [-0.1, -0.05) is 0 Å². The van der Waals surface area contributed by atoms with Crippen LogP contribution in [0.4, 0.5) is 0 Å². The first kappa shape index (κ1) is 10.7. The Bertz CT molecular complexity index is 499. The van der Waals surface area contributed by atoms with E-state index in [-0.39, 0.29) is 0 Å². The molecule has 0 saturated heterocycles. The largest absolute Gasteiger partial charge is 0.480 e. The molecule has 0 aliphatic heterocycles. The predicted molar refractivity (Wildman–Crippen MR) is 57.7 cm³/mol. The van der Waals surface area contributed by atoms with E-state index in [1.807, 2.05) is 0 Å². The lowest BCUT2D eigenvalue weighted by atomic mass is 10.2. The maximum absolute atomic E-state index is 10.7. The van der Waals surface area contributed by atoms with Crippen LogP contribution in [0, 0.1) is 0 Å². The van der Waals surface area contributed by atoms with Crippen molar-refractivity contribution < 1.29 is 9.90 Å². The van der Waals surface area contributed by atoms with Crippen molar-refractivity contribution in [3.8, 4) is 10.7 Å². The van der Waals surface area contributed by atoms with E-state index in [1.54, 1.807) is 24.0 Å². The zero-order valence-corrected chi connectivity index (χ0v) is 8.89. The lowest BCUT2D eigenvalue weighted by Gasteiger charge is -2.00. The molecule has 2 aromatic rings. The van der Waals surface area contributed by atoms with Gasteiger partial charge in [0.05, 0.1) is 11.9 Å². The van der Waals surface area contributed by atoms with Gasteiger partial charge in [-0.3, -0.25) is 14.8 Å². The van der Waals surface area contributed by atoms with E-state index in [0.29, 0.717) is 16.4 Å². The third kappa shape index (κ3) is 2.05. The summed E-state index contributed by atoms with van der Waals surface area (Å²) in [6.07, 6.45) is 4.67. The van der Waals surface area contributed by atoms with Crippen molar-refractivity contribution in [3.63, 3.8) is 0 Å². The molecule has 0 aliphatic rings. The second kappa shape index (κ2) is 4.33. The van der Waals surface area contributed by atoms with Crippen LogP contribution in [0.5, 0.6) is 0 Å². The molecular formula is C9H8N4O2S. The molecule has 0 aliphatic carbocycles. The van der Waals surface area contributed by atoms with Gasteiger partial charge in [-0.2, -0.15) is 0 Å². The predicted octanol–water partition coefficient (Wildman–Crippen LogP) is 0.684. The van der Waals surface area contributed by atoms with Crippen LogP contribution in [0.25, 0.3) is 10.7 Å². The minimum absolute atomic E-state index is 0.332. The number of carbonyl (C=O) groups is 1. The van der Waals surface area contributed by atoms with Crippen LogP contribution < -0.4 is 5.73 Å². The van der Waals surface area contributed by atoms with Crippen molar-refractivity contribution in [1.82, 2.24) is 15.0 Å². The Morgan fingerprint density at radius 3 is 2.94 bits per heavy atom. The molecule has 0 amide bonds. The number of rotatable bonds is 3. The third-order valence-corrected chi connectivity index (χ3v) is 2.77. The van der Waals surface area contributed by atoms with Crippen LogP contribution in [0.3, 0.4) is 0 Å². The molecule has 16 heavy (non-hydrogen) atoms. The topological polar surface area (TPSA) is 102 Å². The molecule has 2 heterocycles. The molecule has 0 bridgehead atoms. The molecule has 6 nitrogen and oxygen atoms in total. The summed E-state index contributed by atoms with van der Waals surface area (Å²) in [5, 5.41) is 11.0. The molecule has 0 fully saturated rings. The molecule has 0 radical (unpaired) electrons. The Balaban J connectivity index is 2.30. The van der Waals surface area contributed by atoms with E-state index in [1.165, 1.54) is 11.3 Å². The van der Waals surface area contributed by atoms with E-state index in [2.05, 4.69) is 15.0 Å². The molecule has 1 atom stereocenters. The van der Waals surface area contributed by atoms with Crippen LogP contribution in [0.1, 0.15) is 11.7 Å². The van der Waals surface area contributed by atoms with E-state index >= 15 is 0 Å². The molecular weight excluding hydrogens is 228 g/mol. The van der Waals surface area contributed by atoms with Gasteiger partial charge in [-0.25, -0.2) is 4.98 Å². The van der Waals surface area contributed by atoms with Crippen LogP contribution in [0.15, 0.2) is 24.0 Å². The van der Waals surface area contributed by atoms with Crippen molar-refractivity contribution >= 4 is 17.3 Å². The summed E-state index contributed by atoms with van der Waals surface area (Å²) in [6.45, 7) is 0. The molecule has 2 rings (SSSR count). The van der Waals surface area contributed by atoms with Crippen molar-refractivity contribution in [2.24, 2.45) is 5.73 Å². The number of nitrogens with zero attached hydrogens (tertiary/aromatic N) is 3. The smallest absolute Gasteiger partial charge is 0.326 e. The summed E-state index contributed by atoms with van der Waals surface area (Å²) in [6, 6.07) is -1.10. The minimum Gasteiger partial charge on any atom is -0.480 e. The van der Waals surface area contributed by atoms with Crippen molar-refractivity contribution in [1.29, 1.82) is 0 Å². The average molecular weight is 236 g/mol. The van der Waals surface area contributed by atoms with E-state index in [9.17, 15) is 4.79 Å². The number of hydrogen-bond donors (Lipinski definition) is 2. The van der Waals surface area contributed by atoms with Crippen LogP contribution in [0.2, 0.25) is 0 Å². The maximum Gasteiger partial charge on any atom is 0.326 e. The Morgan fingerprint density at radius 1 is 1.50 bits per heavy atom. The van der Waals surface area contributed by atoms with E-state index in [0.717, 1.165) is 0 Å². The quantitative estimate of drug-likeness (QED) is 0.812. The molecule has 7 heteroatoms. The van der Waals surface area contributed by atoms with Gasteiger partial charge in [0.25, 0.3) is 0 Å². The number of carboxylic acids is 1. The summed E-state index contributed by atoms with van der Waals surface area (Å²) in [5.41, 5.74) is 6.38. The second-order valence-corrected chi connectivity index (χ2v) is 3.84. The summed E-state index contributed by atoms with van der Waals surface area (Å²) in [4.78, 5) is 22.7. The van der Waals surface area contributed by atoms with Gasteiger partial charge in [-0.15, -0.1) is 11.3 Å². The zero-order chi connectivity index (χ0) is 11.5. The second-order valence-electron chi connectivity index (χ2n) is 2.98. The fourth-order valence-corrected chi connectivity index (χ4v) is 1.90. The Hall–Kier alpha value is -1.86. The van der Waals surface area contributed by atoms with Gasteiger partial charge in [0.15, 0.2) is 0 Å². The van der Waals surface area contributed by atoms with Gasteiger partial charge in [0, 0.05) is 17.8 Å². The van der Waals surface area contributed by atoms with Crippen LogP contribution >= 0.6 is 11.3 Å².